The monoisotopic (exact) mass is 326 g/mol. The molecule has 4 nitrogen and oxygen atoms in total. The van der Waals surface area contributed by atoms with Crippen LogP contribution in [0.2, 0.25) is 0 Å². The summed E-state index contributed by atoms with van der Waals surface area (Å²) in [4.78, 5) is 9.37. The topological polar surface area (TPSA) is 45.4 Å². The van der Waals surface area contributed by atoms with E-state index in [1.165, 1.54) is 5.56 Å². The Morgan fingerprint density at radius 3 is 2.68 bits per heavy atom. The van der Waals surface area contributed by atoms with Crippen LogP contribution in [0.4, 0.5) is 5.82 Å². The van der Waals surface area contributed by atoms with Gasteiger partial charge in [0, 0.05) is 38.9 Å². The van der Waals surface area contributed by atoms with E-state index in [1.807, 2.05) is 12.3 Å². The summed E-state index contributed by atoms with van der Waals surface area (Å²) in [6.45, 7) is 10.4. The van der Waals surface area contributed by atoms with Crippen molar-refractivity contribution >= 4 is 21.7 Å². The highest BCUT2D eigenvalue weighted by molar-refractivity contribution is 9.10. The summed E-state index contributed by atoms with van der Waals surface area (Å²) in [7, 11) is 0. The van der Waals surface area contributed by atoms with Crippen molar-refractivity contribution in [3.63, 3.8) is 0 Å². The second-order valence-electron chi connectivity index (χ2n) is 5.39. The Kier molecular flexibility index (Phi) is 5.19. The second-order valence-corrected chi connectivity index (χ2v) is 6.19. The first-order valence-electron chi connectivity index (χ1n) is 6.90. The average Bonchev–Trinajstić information content (AvgIpc) is 2.43. The summed E-state index contributed by atoms with van der Waals surface area (Å²) in [6, 6.07) is 2.03. The molecule has 0 bridgehead atoms. The molecular weight excluding hydrogens is 304 g/mol. The molecule has 1 aliphatic rings. The van der Waals surface area contributed by atoms with Crippen LogP contribution in [-0.4, -0.2) is 49.2 Å². The first-order chi connectivity index (χ1) is 9.11. The summed E-state index contributed by atoms with van der Waals surface area (Å²) < 4.78 is 1.12. The number of aryl methyl sites for hydroxylation is 1. The van der Waals surface area contributed by atoms with Gasteiger partial charge in [-0.25, -0.2) is 4.98 Å². The predicted octanol–water partition coefficient (Wildman–Crippen LogP) is 1.87. The zero-order chi connectivity index (χ0) is 13.8. The molecular formula is C14H23BrN4. The number of anilines is 1. The Balaban J connectivity index is 1.94. The molecule has 0 aromatic carbocycles. The lowest BCUT2D eigenvalue weighted by molar-refractivity contribution is 0.226. The maximum Gasteiger partial charge on any atom is 0.143 e. The molecule has 1 aromatic rings. The fraction of sp³-hybridized carbons (Fsp3) is 0.643. The highest BCUT2D eigenvalue weighted by Gasteiger charge is 2.20. The molecule has 106 valence electrons. The van der Waals surface area contributed by atoms with E-state index < -0.39 is 0 Å². The van der Waals surface area contributed by atoms with Gasteiger partial charge in [0.25, 0.3) is 0 Å². The van der Waals surface area contributed by atoms with Crippen molar-refractivity contribution in [1.29, 1.82) is 0 Å². The van der Waals surface area contributed by atoms with Crippen molar-refractivity contribution in [3.8, 4) is 0 Å². The SMILES string of the molecule is Cc1ccnc(N2CCN(CC(C)CN)CC2)c1Br. The predicted molar refractivity (Wildman–Crippen MR) is 83.5 cm³/mol. The van der Waals surface area contributed by atoms with E-state index in [1.54, 1.807) is 0 Å². The molecule has 0 saturated carbocycles. The number of nitrogens with two attached hydrogens (primary N) is 1. The van der Waals surface area contributed by atoms with Gasteiger partial charge in [0.2, 0.25) is 0 Å². The lowest BCUT2D eigenvalue weighted by atomic mass is 10.1. The van der Waals surface area contributed by atoms with Gasteiger partial charge in [-0.05, 0) is 46.9 Å². The summed E-state index contributed by atoms with van der Waals surface area (Å²) >= 11 is 3.65. The zero-order valence-corrected chi connectivity index (χ0v) is 13.4. The van der Waals surface area contributed by atoms with Gasteiger partial charge >= 0.3 is 0 Å². The number of hydrogen-bond donors (Lipinski definition) is 1. The molecule has 0 radical (unpaired) electrons. The number of halogens is 1. The lowest BCUT2D eigenvalue weighted by Gasteiger charge is -2.36. The van der Waals surface area contributed by atoms with Crippen LogP contribution < -0.4 is 10.6 Å². The van der Waals surface area contributed by atoms with E-state index >= 15 is 0 Å². The Hall–Kier alpha value is -0.650. The molecule has 1 aliphatic heterocycles. The van der Waals surface area contributed by atoms with Crippen molar-refractivity contribution < 1.29 is 0 Å². The van der Waals surface area contributed by atoms with Crippen LogP contribution in [0.1, 0.15) is 12.5 Å². The fourth-order valence-corrected chi connectivity index (χ4v) is 2.89. The Morgan fingerprint density at radius 1 is 1.37 bits per heavy atom. The summed E-state index contributed by atoms with van der Waals surface area (Å²) in [5, 5.41) is 0. The standard InChI is InChI=1S/C14H23BrN4/c1-11(9-16)10-18-5-7-19(8-6-18)14-13(15)12(2)3-4-17-14/h3-4,11H,5-10,16H2,1-2H3. The molecule has 5 heteroatoms. The minimum Gasteiger partial charge on any atom is -0.353 e. The highest BCUT2D eigenvalue weighted by Crippen LogP contribution is 2.27. The van der Waals surface area contributed by atoms with Gasteiger partial charge in [0.15, 0.2) is 0 Å². The van der Waals surface area contributed by atoms with E-state index in [0.717, 1.165) is 49.6 Å². The summed E-state index contributed by atoms with van der Waals surface area (Å²) in [5.74, 6) is 1.65. The van der Waals surface area contributed by atoms with Gasteiger partial charge in [-0.2, -0.15) is 0 Å². The van der Waals surface area contributed by atoms with E-state index in [-0.39, 0.29) is 0 Å². The van der Waals surface area contributed by atoms with Gasteiger partial charge in [-0.15, -0.1) is 0 Å². The van der Waals surface area contributed by atoms with Crippen LogP contribution in [0.25, 0.3) is 0 Å². The molecule has 1 atom stereocenters. The number of pyridine rings is 1. The minimum absolute atomic E-state index is 0.579. The first kappa shape index (κ1) is 14.8. The van der Waals surface area contributed by atoms with Crippen LogP contribution in [-0.2, 0) is 0 Å². The molecule has 1 unspecified atom stereocenters. The average molecular weight is 327 g/mol. The van der Waals surface area contributed by atoms with Crippen LogP contribution in [0.3, 0.4) is 0 Å². The third-order valence-corrected chi connectivity index (χ3v) is 4.69. The summed E-state index contributed by atoms with van der Waals surface area (Å²) in [5.41, 5.74) is 6.93. The first-order valence-corrected chi connectivity index (χ1v) is 7.69. The van der Waals surface area contributed by atoms with Crippen LogP contribution >= 0.6 is 15.9 Å². The van der Waals surface area contributed by atoms with E-state index in [0.29, 0.717) is 5.92 Å². The van der Waals surface area contributed by atoms with Gasteiger partial charge in [0.1, 0.15) is 5.82 Å². The Bertz CT molecular complexity index is 416. The molecule has 2 N–H and O–H groups in total. The molecule has 0 amide bonds. The molecule has 2 rings (SSSR count). The number of hydrogen-bond acceptors (Lipinski definition) is 4. The van der Waals surface area contributed by atoms with Crippen molar-refractivity contribution in [2.75, 3.05) is 44.2 Å². The second kappa shape index (κ2) is 6.68. The number of rotatable bonds is 4. The third kappa shape index (κ3) is 3.68. The Morgan fingerprint density at radius 2 is 2.05 bits per heavy atom. The number of aromatic nitrogens is 1. The highest BCUT2D eigenvalue weighted by atomic mass is 79.9. The van der Waals surface area contributed by atoms with Crippen molar-refractivity contribution in [2.45, 2.75) is 13.8 Å². The maximum atomic E-state index is 5.69. The third-order valence-electron chi connectivity index (χ3n) is 3.71. The van der Waals surface area contributed by atoms with Crippen molar-refractivity contribution in [1.82, 2.24) is 9.88 Å². The number of nitrogens with zero attached hydrogens (tertiary/aromatic N) is 3. The lowest BCUT2D eigenvalue weighted by Crippen LogP contribution is -2.48. The van der Waals surface area contributed by atoms with Crippen LogP contribution in [0, 0.1) is 12.8 Å². The molecule has 1 fully saturated rings. The normalized spacial score (nSPS) is 18.6. The van der Waals surface area contributed by atoms with Gasteiger partial charge in [-0.1, -0.05) is 6.92 Å². The van der Waals surface area contributed by atoms with Gasteiger partial charge in [-0.3, -0.25) is 4.90 Å². The van der Waals surface area contributed by atoms with E-state index in [9.17, 15) is 0 Å². The maximum absolute atomic E-state index is 5.69. The minimum atomic E-state index is 0.579. The van der Waals surface area contributed by atoms with E-state index in [2.05, 4.69) is 44.6 Å². The zero-order valence-electron chi connectivity index (χ0n) is 11.8. The molecule has 0 aliphatic carbocycles. The molecule has 2 heterocycles. The van der Waals surface area contributed by atoms with Crippen LogP contribution in [0.5, 0.6) is 0 Å². The molecule has 19 heavy (non-hydrogen) atoms. The summed E-state index contributed by atoms with van der Waals surface area (Å²) in [6.07, 6.45) is 1.89. The Labute approximate surface area is 124 Å². The molecule has 1 saturated heterocycles. The van der Waals surface area contributed by atoms with Gasteiger partial charge in [0.05, 0.1) is 4.47 Å². The van der Waals surface area contributed by atoms with Gasteiger partial charge < -0.3 is 10.6 Å². The van der Waals surface area contributed by atoms with Crippen molar-refractivity contribution in [2.24, 2.45) is 11.7 Å². The smallest absolute Gasteiger partial charge is 0.143 e. The quantitative estimate of drug-likeness (QED) is 0.917. The molecule has 0 spiro atoms. The van der Waals surface area contributed by atoms with Crippen LogP contribution in [0.15, 0.2) is 16.7 Å². The van der Waals surface area contributed by atoms with E-state index in [4.69, 9.17) is 5.73 Å². The number of piperazine rings is 1. The van der Waals surface area contributed by atoms with Crippen molar-refractivity contribution in [3.05, 3.63) is 22.3 Å². The largest absolute Gasteiger partial charge is 0.353 e. The molecule has 1 aromatic heterocycles. The fourth-order valence-electron chi connectivity index (χ4n) is 2.40.